The van der Waals surface area contributed by atoms with E-state index < -0.39 is 0 Å². The predicted molar refractivity (Wildman–Crippen MR) is 140 cm³/mol. The Morgan fingerprint density at radius 2 is 1.91 bits per heavy atom. The molecule has 5 heteroatoms. The van der Waals surface area contributed by atoms with Crippen molar-refractivity contribution in [3.05, 3.63) is 77.2 Å². The van der Waals surface area contributed by atoms with Crippen LogP contribution in [-0.4, -0.2) is 42.6 Å². The molecule has 184 valence electrons. The average Bonchev–Trinajstić information content (AvgIpc) is 3.20. The van der Waals surface area contributed by atoms with Crippen molar-refractivity contribution in [1.29, 1.82) is 0 Å². The second kappa shape index (κ2) is 9.90. The highest BCUT2D eigenvalue weighted by molar-refractivity contribution is 5.94. The monoisotopic (exact) mass is 472 g/mol. The third kappa shape index (κ3) is 4.16. The summed E-state index contributed by atoms with van der Waals surface area (Å²) in [5.74, 6) is 1.70. The Kier molecular flexibility index (Phi) is 6.70. The van der Waals surface area contributed by atoms with Gasteiger partial charge in [-0.05, 0) is 54.9 Å². The van der Waals surface area contributed by atoms with Crippen molar-refractivity contribution in [3.8, 4) is 5.75 Å². The summed E-state index contributed by atoms with van der Waals surface area (Å²) in [6, 6.07) is 17.3. The number of ether oxygens (including phenoxy) is 2. The van der Waals surface area contributed by atoms with Gasteiger partial charge in [0, 0.05) is 36.3 Å². The molecule has 5 nitrogen and oxygen atoms in total. The summed E-state index contributed by atoms with van der Waals surface area (Å²) in [6.45, 7) is 6.78. The van der Waals surface area contributed by atoms with Crippen LogP contribution in [0.1, 0.15) is 49.6 Å². The molecule has 0 amide bonds. The number of piperidine rings is 1. The quantitative estimate of drug-likeness (QED) is 0.324. The number of ketones is 1. The minimum Gasteiger partial charge on any atom is -0.504 e. The number of Topliss-reactive ketones (excluding diaryl/α,β-unsaturated/α-hetero) is 1. The van der Waals surface area contributed by atoms with E-state index in [0.717, 1.165) is 50.2 Å². The zero-order valence-electron chi connectivity index (χ0n) is 21.3. The molecule has 2 aliphatic heterocycles. The number of fused-ring (bicyclic) bond motifs is 5. The van der Waals surface area contributed by atoms with E-state index in [0.29, 0.717) is 5.92 Å². The number of methoxy groups -OCH3 is 2. The summed E-state index contributed by atoms with van der Waals surface area (Å²) in [6.07, 6.45) is 4.68. The van der Waals surface area contributed by atoms with E-state index in [1.807, 2.05) is 0 Å². The molecule has 5 rings (SSSR count). The van der Waals surface area contributed by atoms with Crippen LogP contribution in [0.15, 0.2) is 60.4 Å². The first kappa shape index (κ1) is 23.7. The van der Waals surface area contributed by atoms with Gasteiger partial charge in [-0.1, -0.05) is 49.7 Å². The first-order chi connectivity index (χ1) is 17.1. The van der Waals surface area contributed by atoms with Gasteiger partial charge in [0.2, 0.25) is 0 Å². The molecule has 0 bridgehead atoms. The summed E-state index contributed by atoms with van der Waals surface area (Å²) in [4.78, 5) is 15.3. The highest BCUT2D eigenvalue weighted by Gasteiger charge is 2.43. The standard InChI is InChI=1S/C30H36N2O3/c1-5-22-18-31-15-14-23-29-26(12-9-13-28(29)35-4)32(17-21-10-7-6-8-11-21)30(23)27(31)16-24(22)25(19-34-3)20(2)33/h6-13,19,22,24,27H,5,14-18H2,1-4H3/b25-19-/t22-,24+,27+/m1/s1. The van der Waals surface area contributed by atoms with Gasteiger partial charge in [0.15, 0.2) is 5.78 Å². The molecule has 2 aliphatic rings. The number of allylic oxidation sites excluding steroid dienone is 1. The van der Waals surface area contributed by atoms with Crippen LogP contribution in [0.3, 0.4) is 0 Å². The topological polar surface area (TPSA) is 43.7 Å². The van der Waals surface area contributed by atoms with E-state index in [1.54, 1.807) is 27.4 Å². The molecule has 0 unspecified atom stereocenters. The van der Waals surface area contributed by atoms with Crippen molar-refractivity contribution in [3.63, 3.8) is 0 Å². The highest BCUT2D eigenvalue weighted by atomic mass is 16.5. The molecule has 3 heterocycles. The Bertz CT molecular complexity index is 1240. The maximum absolute atomic E-state index is 12.6. The van der Waals surface area contributed by atoms with E-state index >= 15 is 0 Å². The molecule has 2 aromatic carbocycles. The van der Waals surface area contributed by atoms with E-state index in [2.05, 4.69) is 64.9 Å². The van der Waals surface area contributed by atoms with Crippen LogP contribution in [0.25, 0.3) is 10.9 Å². The zero-order chi connectivity index (χ0) is 24.5. The number of carbonyl (C=O) groups is 1. The van der Waals surface area contributed by atoms with Gasteiger partial charge in [0.05, 0.1) is 32.0 Å². The molecule has 1 aromatic heterocycles. The minimum absolute atomic E-state index is 0.117. The van der Waals surface area contributed by atoms with Gasteiger partial charge in [-0.15, -0.1) is 0 Å². The summed E-state index contributed by atoms with van der Waals surface area (Å²) in [7, 11) is 3.41. The molecule has 0 N–H and O–H groups in total. The van der Waals surface area contributed by atoms with Gasteiger partial charge >= 0.3 is 0 Å². The van der Waals surface area contributed by atoms with Gasteiger partial charge in [-0.2, -0.15) is 0 Å². The molecule has 3 atom stereocenters. The Morgan fingerprint density at radius 1 is 1.11 bits per heavy atom. The summed E-state index contributed by atoms with van der Waals surface area (Å²) < 4.78 is 13.7. The number of carbonyl (C=O) groups excluding carboxylic acids is 1. The fraction of sp³-hybridized carbons (Fsp3) is 0.433. The molecule has 1 fully saturated rings. The van der Waals surface area contributed by atoms with Crippen molar-refractivity contribution < 1.29 is 14.3 Å². The maximum Gasteiger partial charge on any atom is 0.159 e. The minimum atomic E-state index is 0.117. The number of hydrogen-bond donors (Lipinski definition) is 0. The Balaban J connectivity index is 1.67. The van der Waals surface area contributed by atoms with Gasteiger partial charge in [0.1, 0.15) is 5.75 Å². The fourth-order valence-corrected chi connectivity index (χ4v) is 6.49. The predicted octanol–water partition coefficient (Wildman–Crippen LogP) is 5.76. The largest absolute Gasteiger partial charge is 0.504 e. The lowest BCUT2D eigenvalue weighted by molar-refractivity contribution is -0.114. The molecule has 0 saturated carbocycles. The maximum atomic E-state index is 12.6. The molecular weight excluding hydrogens is 436 g/mol. The first-order valence-electron chi connectivity index (χ1n) is 12.8. The SMILES string of the molecule is CC[C@@H]1CN2CCc3c(n(Cc4ccccc4)c4cccc(OC)c34)[C@@H]2C[C@@H]1/C(=C\OC)C(C)=O. The fourth-order valence-electron chi connectivity index (χ4n) is 6.49. The van der Waals surface area contributed by atoms with Crippen molar-refractivity contribution in [2.75, 3.05) is 27.3 Å². The van der Waals surface area contributed by atoms with Crippen molar-refractivity contribution in [2.45, 2.75) is 45.7 Å². The van der Waals surface area contributed by atoms with Crippen LogP contribution in [0.4, 0.5) is 0 Å². The van der Waals surface area contributed by atoms with Crippen molar-refractivity contribution >= 4 is 16.7 Å². The Labute approximate surface area is 208 Å². The first-order valence-corrected chi connectivity index (χ1v) is 12.8. The average molecular weight is 473 g/mol. The van der Waals surface area contributed by atoms with Crippen LogP contribution in [0.2, 0.25) is 0 Å². The van der Waals surface area contributed by atoms with Crippen LogP contribution in [-0.2, 0) is 22.5 Å². The molecule has 0 radical (unpaired) electrons. The highest BCUT2D eigenvalue weighted by Crippen LogP contribution is 2.48. The molecule has 3 aromatic rings. The van der Waals surface area contributed by atoms with E-state index in [9.17, 15) is 4.79 Å². The Hall–Kier alpha value is -3.05. The van der Waals surface area contributed by atoms with E-state index in [4.69, 9.17) is 9.47 Å². The molecule has 1 saturated heterocycles. The third-order valence-corrected chi connectivity index (χ3v) is 8.10. The third-order valence-electron chi connectivity index (χ3n) is 8.10. The van der Waals surface area contributed by atoms with Crippen LogP contribution >= 0.6 is 0 Å². The number of hydrogen-bond acceptors (Lipinski definition) is 4. The summed E-state index contributed by atoms with van der Waals surface area (Å²) in [5.41, 5.74) is 6.14. The lowest BCUT2D eigenvalue weighted by Gasteiger charge is -2.47. The van der Waals surface area contributed by atoms with Crippen LogP contribution in [0.5, 0.6) is 5.75 Å². The normalized spacial score (nSPS) is 22.5. The van der Waals surface area contributed by atoms with Gasteiger partial charge in [-0.25, -0.2) is 0 Å². The number of benzene rings is 2. The van der Waals surface area contributed by atoms with Crippen molar-refractivity contribution in [2.24, 2.45) is 11.8 Å². The summed E-state index contributed by atoms with van der Waals surface area (Å²) >= 11 is 0. The van der Waals surface area contributed by atoms with Gasteiger partial charge < -0.3 is 14.0 Å². The van der Waals surface area contributed by atoms with E-state index in [-0.39, 0.29) is 17.7 Å². The molecule has 0 aliphatic carbocycles. The lowest BCUT2D eigenvalue weighted by atomic mass is 9.73. The summed E-state index contributed by atoms with van der Waals surface area (Å²) in [5, 5.41) is 1.24. The number of aromatic nitrogens is 1. The zero-order valence-corrected chi connectivity index (χ0v) is 21.3. The lowest BCUT2D eigenvalue weighted by Crippen LogP contribution is -2.47. The van der Waals surface area contributed by atoms with Crippen LogP contribution < -0.4 is 4.74 Å². The van der Waals surface area contributed by atoms with Gasteiger partial charge in [-0.3, -0.25) is 9.69 Å². The molecule has 35 heavy (non-hydrogen) atoms. The smallest absolute Gasteiger partial charge is 0.159 e. The number of rotatable bonds is 7. The Morgan fingerprint density at radius 3 is 2.60 bits per heavy atom. The second-order valence-corrected chi connectivity index (χ2v) is 9.93. The van der Waals surface area contributed by atoms with Crippen LogP contribution in [0, 0.1) is 11.8 Å². The molecular formula is C30H36N2O3. The molecule has 0 spiro atoms. The van der Waals surface area contributed by atoms with E-state index in [1.165, 1.54) is 27.7 Å². The number of nitrogens with zero attached hydrogens (tertiary/aromatic N) is 2. The van der Waals surface area contributed by atoms with Crippen molar-refractivity contribution in [1.82, 2.24) is 9.47 Å². The second-order valence-electron chi connectivity index (χ2n) is 9.93. The van der Waals surface area contributed by atoms with Gasteiger partial charge in [0.25, 0.3) is 0 Å².